The summed E-state index contributed by atoms with van der Waals surface area (Å²) in [5, 5.41) is 5.94. The molecule has 1 saturated carbocycles. The van der Waals surface area contributed by atoms with Gasteiger partial charge in [0.15, 0.2) is 0 Å². The average Bonchev–Trinajstić information content (AvgIpc) is 2.69. The number of aromatic nitrogens is 2. The molecule has 1 aromatic heterocycles. The molecule has 18 heavy (non-hydrogen) atoms. The third-order valence-corrected chi connectivity index (χ3v) is 3.70. The number of carbonyl (C=O) groups excluding carboxylic acids is 1. The van der Waals surface area contributed by atoms with Gasteiger partial charge in [-0.2, -0.15) is 0 Å². The number of hydrogen-bond acceptors (Lipinski definition) is 4. The van der Waals surface area contributed by atoms with Crippen molar-refractivity contribution in [3.63, 3.8) is 0 Å². The van der Waals surface area contributed by atoms with Gasteiger partial charge in [0, 0.05) is 13.1 Å². The van der Waals surface area contributed by atoms with E-state index in [0.29, 0.717) is 11.5 Å². The molecule has 5 heteroatoms. The second kappa shape index (κ2) is 4.92. The fourth-order valence-electron chi connectivity index (χ4n) is 2.40. The Morgan fingerprint density at radius 2 is 2.17 bits per heavy atom. The smallest absolute Gasteiger partial charge is 0.271 e. The van der Waals surface area contributed by atoms with Crippen LogP contribution < -0.4 is 10.6 Å². The Morgan fingerprint density at radius 3 is 2.67 bits per heavy atom. The third kappa shape index (κ3) is 2.60. The van der Waals surface area contributed by atoms with Crippen molar-refractivity contribution in [2.24, 2.45) is 5.41 Å². The van der Waals surface area contributed by atoms with Crippen LogP contribution in [0.25, 0.3) is 0 Å². The highest BCUT2D eigenvalue weighted by molar-refractivity contribution is 5.92. The van der Waals surface area contributed by atoms with Crippen LogP contribution >= 0.6 is 0 Å². The Balaban J connectivity index is 2.03. The van der Waals surface area contributed by atoms with Crippen LogP contribution in [0.1, 0.15) is 43.6 Å². The number of nitrogens with zero attached hydrogens (tertiary/aromatic N) is 2. The molecule has 1 atom stereocenters. The molecule has 98 valence electrons. The third-order valence-electron chi connectivity index (χ3n) is 3.70. The van der Waals surface area contributed by atoms with Crippen LogP contribution in [0.4, 0.5) is 5.82 Å². The van der Waals surface area contributed by atoms with E-state index in [9.17, 15) is 4.79 Å². The Kier molecular flexibility index (Phi) is 3.50. The first kappa shape index (κ1) is 12.8. The standard InChI is InChI=1S/C13H20N4O/c1-13(2)6-4-5-10(13)17-12(18)9-7-16-11(14-3)8-15-9/h7-8,10H,4-6H2,1-3H3,(H,14,16)(H,17,18). The number of rotatable bonds is 3. The van der Waals surface area contributed by atoms with Crippen molar-refractivity contribution < 1.29 is 4.79 Å². The summed E-state index contributed by atoms with van der Waals surface area (Å²) in [6.45, 7) is 4.39. The highest BCUT2D eigenvalue weighted by atomic mass is 16.2. The van der Waals surface area contributed by atoms with Crippen LogP contribution in [0.5, 0.6) is 0 Å². The van der Waals surface area contributed by atoms with Crippen molar-refractivity contribution in [3.05, 3.63) is 18.1 Å². The minimum absolute atomic E-state index is 0.134. The maximum absolute atomic E-state index is 12.1. The Morgan fingerprint density at radius 1 is 1.39 bits per heavy atom. The van der Waals surface area contributed by atoms with Crippen molar-refractivity contribution in [2.45, 2.75) is 39.2 Å². The molecule has 1 fully saturated rings. The highest BCUT2D eigenvalue weighted by Gasteiger charge is 2.35. The molecule has 2 rings (SSSR count). The molecule has 0 bridgehead atoms. The highest BCUT2D eigenvalue weighted by Crippen LogP contribution is 2.37. The lowest BCUT2D eigenvalue weighted by atomic mass is 9.87. The summed E-state index contributed by atoms with van der Waals surface area (Å²) in [6, 6.07) is 0.232. The van der Waals surface area contributed by atoms with Gasteiger partial charge in [-0.1, -0.05) is 20.3 Å². The normalized spacial score (nSPS) is 21.6. The molecular weight excluding hydrogens is 228 g/mol. The van der Waals surface area contributed by atoms with Gasteiger partial charge in [0.1, 0.15) is 11.5 Å². The van der Waals surface area contributed by atoms with Crippen molar-refractivity contribution in [1.29, 1.82) is 0 Å². The number of anilines is 1. The summed E-state index contributed by atoms with van der Waals surface area (Å²) in [7, 11) is 1.77. The van der Waals surface area contributed by atoms with E-state index in [-0.39, 0.29) is 17.4 Å². The van der Waals surface area contributed by atoms with Gasteiger partial charge in [-0.3, -0.25) is 4.79 Å². The fraction of sp³-hybridized carbons (Fsp3) is 0.615. The Hall–Kier alpha value is -1.65. The van der Waals surface area contributed by atoms with E-state index in [2.05, 4.69) is 34.4 Å². The van der Waals surface area contributed by atoms with Gasteiger partial charge in [0.2, 0.25) is 0 Å². The van der Waals surface area contributed by atoms with Crippen LogP contribution in [0, 0.1) is 5.41 Å². The molecule has 2 N–H and O–H groups in total. The monoisotopic (exact) mass is 248 g/mol. The summed E-state index contributed by atoms with van der Waals surface area (Å²) in [6.07, 6.45) is 6.43. The first-order valence-electron chi connectivity index (χ1n) is 6.33. The van der Waals surface area contributed by atoms with E-state index in [0.717, 1.165) is 12.8 Å². The second-order valence-corrected chi connectivity index (χ2v) is 5.44. The molecule has 0 saturated heterocycles. The van der Waals surface area contributed by atoms with Crippen LogP contribution in [0.15, 0.2) is 12.4 Å². The summed E-state index contributed by atoms with van der Waals surface area (Å²) in [5.41, 5.74) is 0.547. The van der Waals surface area contributed by atoms with E-state index >= 15 is 0 Å². The van der Waals surface area contributed by atoms with Crippen molar-refractivity contribution in [2.75, 3.05) is 12.4 Å². The maximum Gasteiger partial charge on any atom is 0.271 e. The number of amides is 1. The Bertz CT molecular complexity index is 427. The van der Waals surface area contributed by atoms with E-state index < -0.39 is 0 Å². The molecule has 1 aromatic rings. The van der Waals surface area contributed by atoms with Gasteiger partial charge in [0.25, 0.3) is 5.91 Å². The minimum atomic E-state index is -0.134. The summed E-state index contributed by atoms with van der Waals surface area (Å²) < 4.78 is 0. The predicted molar refractivity (Wildman–Crippen MR) is 70.5 cm³/mol. The van der Waals surface area contributed by atoms with Gasteiger partial charge in [-0.25, -0.2) is 9.97 Å². The summed E-state index contributed by atoms with van der Waals surface area (Å²) >= 11 is 0. The van der Waals surface area contributed by atoms with Gasteiger partial charge in [0.05, 0.1) is 12.4 Å². The zero-order valence-corrected chi connectivity index (χ0v) is 11.2. The first-order valence-corrected chi connectivity index (χ1v) is 6.33. The molecule has 0 spiro atoms. The SMILES string of the molecule is CNc1cnc(C(=O)NC2CCCC2(C)C)cn1. The molecule has 1 unspecified atom stereocenters. The van der Waals surface area contributed by atoms with Crippen LogP contribution in [-0.2, 0) is 0 Å². The van der Waals surface area contributed by atoms with E-state index in [1.54, 1.807) is 13.2 Å². The van der Waals surface area contributed by atoms with Crippen molar-refractivity contribution in [1.82, 2.24) is 15.3 Å². The lowest BCUT2D eigenvalue weighted by Crippen LogP contribution is -2.41. The molecule has 1 aliphatic carbocycles. The lowest BCUT2D eigenvalue weighted by molar-refractivity contribution is 0.0904. The zero-order valence-electron chi connectivity index (χ0n) is 11.2. The topological polar surface area (TPSA) is 66.9 Å². The number of carbonyl (C=O) groups is 1. The van der Waals surface area contributed by atoms with Crippen LogP contribution in [-0.4, -0.2) is 29.0 Å². The lowest BCUT2D eigenvalue weighted by Gasteiger charge is -2.27. The van der Waals surface area contributed by atoms with E-state index in [4.69, 9.17) is 0 Å². The number of hydrogen-bond donors (Lipinski definition) is 2. The maximum atomic E-state index is 12.1. The molecular formula is C13H20N4O. The van der Waals surface area contributed by atoms with Crippen molar-refractivity contribution >= 4 is 11.7 Å². The molecule has 1 aliphatic rings. The largest absolute Gasteiger partial charge is 0.372 e. The quantitative estimate of drug-likeness (QED) is 0.856. The minimum Gasteiger partial charge on any atom is -0.372 e. The van der Waals surface area contributed by atoms with E-state index in [1.807, 2.05) is 0 Å². The van der Waals surface area contributed by atoms with E-state index in [1.165, 1.54) is 12.6 Å². The number of nitrogens with one attached hydrogen (secondary N) is 2. The fourth-order valence-corrected chi connectivity index (χ4v) is 2.40. The zero-order chi connectivity index (χ0) is 13.2. The van der Waals surface area contributed by atoms with Gasteiger partial charge in [-0.15, -0.1) is 0 Å². The van der Waals surface area contributed by atoms with Gasteiger partial charge >= 0.3 is 0 Å². The van der Waals surface area contributed by atoms with Gasteiger partial charge in [-0.05, 0) is 18.3 Å². The first-order chi connectivity index (χ1) is 8.53. The Labute approximate surface area is 107 Å². The summed E-state index contributed by atoms with van der Waals surface area (Å²) in [5.74, 6) is 0.526. The van der Waals surface area contributed by atoms with Gasteiger partial charge < -0.3 is 10.6 Å². The summed E-state index contributed by atoms with van der Waals surface area (Å²) in [4.78, 5) is 20.3. The molecule has 0 radical (unpaired) electrons. The molecule has 0 aliphatic heterocycles. The van der Waals surface area contributed by atoms with Crippen LogP contribution in [0.2, 0.25) is 0 Å². The predicted octanol–water partition coefficient (Wildman–Crippen LogP) is 1.83. The molecule has 1 amide bonds. The molecule has 0 aromatic carbocycles. The van der Waals surface area contributed by atoms with Crippen LogP contribution in [0.3, 0.4) is 0 Å². The van der Waals surface area contributed by atoms with Crippen molar-refractivity contribution in [3.8, 4) is 0 Å². The second-order valence-electron chi connectivity index (χ2n) is 5.44. The average molecular weight is 248 g/mol. The molecule has 5 nitrogen and oxygen atoms in total. The molecule has 1 heterocycles.